The van der Waals surface area contributed by atoms with E-state index in [0.717, 1.165) is 11.1 Å². The first kappa shape index (κ1) is 33.0. The van der Waals surface area contributed by atoms with E-state index in [1.54, 1.807) is 42.9 Å². The van der Waals surface area contributed by atoms with Crippen LogP contribution in [0.5, 0.6) is 17.2 Å². The van der Waals surface area contributed by atoms with E-state index < -0.39 is 12.0 Å². The van der Waals surface area contributed by atoms with Crippen LogP contribution in [0.3, 0.4) is 0 Å². The fourth-order valence-corrected chi connectivity index (χ4v) is 6.63. The van der Waals surface area contributed by atoms with Gasteiger partial charge < -0.3 is 18.9 Å². The second-order valence-electron chi connectivity index (χ2n) is 10.9. The lowest BCUT2D eigenvalue weighted by Crippen LogP contribution is -2.40. The summed E-state index contributed by atoms with van der Waals surface area (Å²) >= 11 is 1.24. The third-order valence-corrected chi connectivity index (χ3v) is 8.87. The summed E-state index contributed by atoms with van der Waals surface area (Å²) in [6.45, 7) is 4.52. The molecule has 4 aromatic carbocycles. The average molecular weight is 672 g/mol. The first-order chi connectivity index (χ1) is 23.9. The van der Waals surface area contributed by atoms with Crippen LogP contribution in [0.4, 0.5) is 0 Å². The van der Waals surface area contributed by atoms with Crippen molar-refractivity contribution < 1.29 is 23.7 Å². The number of hydrogen-bond donors (Lipinski definition) is 0. The summed E-state index contributed by atoms with van der Waals surface area (Å²) in [5.74, 6) is 1.10. The number of thiazole rings is 1. The molecule has 0 fully saturated rings. The van der Waals surface area contributed by atoms with E-state index in [9.17, 15) is 14.9 Å². The molecule has 0 spiro atoms. The molecule has 0 radical (unpaired) electrons. The predicted molar refractivity (Wildman–Crippen MR) is 187 cm³/mol. The Kier molecular flexibility index (Phi) is 10.0. The fourth-order valence-electron chi connectivity index (χ4n) is 5.62. The highest BCUT2D eigenvalue weighted by Gasteiger charge is 2.35. The van der Waals surface area contributed by atoms with Gasteiger partial charge in [0.15, 0.2) is 16.3 Å². The number of esters is 1. The number of rotatable bonds is 11. The van der Waals surface area contributed by atoms with Crippen molar-refractivity contribution in [1.82, 2.24) is 4.57 Å². The summed E-state index contributed by atoms with van der Waals surface area (Å²) in [7, 11) is 1.54. The van der Waals surface area contributed by atoms with Gasteiger partial charge in [0.25, 0.3) is 5.56 Å². The summed E-state index contributed by atoms with van der Waals surface area (Å²) in [5.41, 5.74) is 3.88. The third kappa shape index (κ3) is 6.89. The van der Waals surface area contributed by atoms with Gasteiger partial charge in [-0.3, -0.25) is 9.36 Å². The Balaban J connectivity index is 1.46. The van der Waals surface area contributed by atoms with Gasteiger partial charge in [-0.05, 0) is 61.4 Å². The van der Waals surface area contributed by atoms with E-state index in [1.165, 1.54) is 11.3 Å². The zero-order chi connectivity index (χ0) is 34.3. The Morgan fingerprint density at radius 2 is 1.69 bits per heavy atom. The molecule has 6 rings (SSSR count). The van der Waals surface area contributed by atoms with Crippen molar-refractivity contribution >= 4 is 29.1 Å². The van der Waals surface area contributed by atoms with Crippen molar-refractivity contribution in [3.8, 4) is 23.3 Å². The van der Waals surface area contributed by atoms with E-state index >= 15 is 0 Å². The number of hydrogen-bond acceptors (Lipinski definition) is 9. The molecule has 5 aromatic rings. The van der Waals surface area contributed by atoms with Gasteiger partial charge in [-0.1, -0.05) is 78.1 Å². The molecule has 10 heteroatoms. The minimum Gasteiger partial charge on any atom is -0.494 e. The maximum Gasteiger partial charge on any atom is 0.338 e. The van der Waals surface area contributed by atoms with Crippen LogP contribution in [0.2, 0.25) is 0 Å². The lowest BCUT2D eigenvalue weighted by molar-refractivity contribution is -0.138. The molecule has 1 aliphatic rings. The van der Waals surface area contributed by atoms with Crippen LogP contribution in [-0.4, -0.2) is 30.9 Å². The molecule has 0 N–H and O–H groups in total. The molecule has 1 aromatic heterocycles. The molecule has 246 valence electrons. The Morgan fingerprint density at radius 3 is 2.41 bits per heavy atom. The van der Waals surface area contributed by atoms with Crippen LogP contribution in [0.15, 0.2) is 112 Å². The monoisotopic (exact) mass is 671 g/mol. The summed E-state index contributed by atoms with van der Waals surface area (Å²) in [6.07, 6.45) is 1.77. The van der Waals surface area contributed by atoms with Crippen molar-refractivity contribution in [2.45, 2.75) is 26.5 Å². The van der Waals surface area contributed by atoms with Crippen LogP contribution in [0.1, 0.15) is 47.7 Å². The molecule has 0 saturated heterocycles. The molecule has 2 heterocycles. The zero-order valence-corrected chi connectivity index (χ0v) is 28.0. The number of nitriles is 1. The largest absolute Gasteiger partial charge is 0.494 e. The number of nitrogens with zero attached hydrogens (tertiary/aromatic N) is 3. The van der Waals surface area contributed by atoms with Gasteiger partial charge in [0.05, 0.1) is 53.8 Å². The zero-order valence-electron chi connectivity index (χ0n) is 27.2. The first-order valence-corrected chi connectivity index (χ1v) is 16.6. The smallest absolute Gasteiger partial charge is 0.338 e. The molecular weight excluding hydrogens is 639 g/mol. The van der Waals surface area contributed by atoms with Crippen molar-refractivity contribution in [2.75, 3.05) is 20.3 Å². The molecule has 1 aliphatic heterocycles. The summed E-state index contributed by atoms with van der Waals surface area (Å²) in [4.78, 5) is 33.4. The minimum absolute atomic E-state index is 0.164. The fraction of sp³-hybridized carbons (Fsp3) is 0.179. The molecule has 0 amide bonds. The number of aromatic nitrogens is 1. The minimum atomic E-state index is -0.801. The molecule has 49 heavy (non-hydrogen) atoms. The number of benzene rings is 4. The Hall–Kier alpha value is -5.92. The van der Waals surface area contributed by atoms with Crippen LogP contribution in [0, 0.1) is 11.3 Å². The summed E-state index contributed by atoms with van der Waals surface area (Å²) in [5, 5.41) is 9.43. The Bertz CT molecular complexity index is 2250. The van der Waals surface area contributed by atoms with Crippen LogP contribution < -0.4 is 29.1 Å². The number of ether oxygens (including phenoxy) is 4. The van der Waals surface area contributed by atoms with Gasteiger partial charge in [-0.2, -0.15) is 5.26 Å². The SMILES string of the molecule is CCOC(=O)C1=C(c2ccccc2)N=c2s/c(=C/c3ccc(OCc4ccccc4C#N)c(OC)c3)c(=O)n2[C@H]1c1ccc(OCC)cc1. The second-order valence-corrected chi connectivity index (χ2v) is 11.9. The number of carbonyl (C=O) groups is 1. The van der Waals surface area contributed by atoms with E-state index in [-0.39, 0.29) is 24.3 Å². The average Bonchev–Trinajstić information content (AvgIpc) is 3.45. The highest BCUT2D eigenvalue weighted by atomic mass is 32.1. The molecule has 0 saturated carbocycles. The number of methoxy groups -OCH3 is 1. The highest BCUT2D eigenvalue weighted by molar-refractivity contribution is 7.07. The van der Waals surface area contributed by atoms with Crippen molar-refractivity contribution in [1.29, 1.82) is 5.26 Å². The summed E-state index contributed by atoms with van der Waals surface area (Å²) in [6, 6.07) is 30.8. The molecule has 9 nitrogen and oxygen atoms in total. The van der Waals surface area contributed by atoms with Crippen LogP contribution in [0.25, 0.3) is 11.8 Å². The Morgan fingerprint density at radius 1 is 0.939 bits per heavy atom. The number of fused-ring (bicyclic) bond motifs is 1. The van der Waals surface area contributed by atoms with E-state index in [2.05, 4.69) is 6.07 Å². The van der Waals surface area contributed by atoms with Crippen molar-refractivity contribution in [3.05, 3.63) is 150 Å². The topological polar surface area (TPSA) is 112 Å². The quantitative estimate of drug-likeness (QED) is 0.163. The Labute approximate surface area is 287 Å². The normalized spacial score (nSPS) is 14.0. The van der Waals surface area contributed by atoms with Gasteiger partial charge in [-0.15, -0.1) is 0 Å². The van der Waals surface area contributed by atoms with Crippen LogP contribution >= 0.6 is 11.3 Å². The van der Waals surface area contributed by atoms with Gasteiger partial charge in [0, 0.05) is 11.1 Å². The molecule has 0 unspecified atom stereocenters. The first-order valence-electron chi connectivity index (χ1n) is 15.8. The van der Waals surface area contributed by atoms with Gasteiger partial charge in [0.2, 0.25) is 0 Å². The number of carbonyl (C=O) groups excluding carboxylic acids is 1. The maximum atomic E-state index is 14.3. The van der Waals surface area contributed by atoms with E-state index in [1.807, 2.05) is 85.8 Å². The molecular formula is C39H33N3O6S. The van der Waals surface area contributed by atoms with Gasteiger partial charge >= 0.3 is 5.97 Å². The molecule has 0 bridgehead atoms. The van der Waals surface area contributed by atoms with Gasteiger partial charge in [-0.25, -0.2) is 9.79 Å². The lowest BCUT2D eigenvalue weighted by Gasteiger charge is -2.26. The van der Waals surface area contributed by atoms with E-state index in [0.29, 0.717) is 55.6 Å². The second kappa shape index (κ2) is 14.9. The highest BCUT2D eigenvalue weighted by Crippen LogP contribution is 2.36. The summed E-state index contributed by atoms with van der Waals surface area (Å²) < 4.78 is 24.9. The molecule has 1 atom stereocenters. The third-order valence-electron chi connectivity index (χ3n) is 7.89. The van der Waals surface area contributed by atoms with Gasteiger partial charge in [0.1, 0.15) is 12.4 Å². The van der Waals surface area contributed by atoms with E-state index in [4.69, 9.17) is 23.9 Å². The maximum absolute atomic E-state index is 14.3. The lowest BCUT2D eigenvalue weighted by atomic mass is 9.93. The standard InChI is InChI=1S/C39H33N3O6S/c1-4-46-30-18-16-27(17-19-30)36-34(38(44)47-5-2)35(26-11-7-6-8-12-26)41-39-42(36)37(43)33(49-39)22-25-15-20-31(32(21-25)45-3)48-24-29-14-10-9-13-28(29)23-40/h6-22,36H,4-5,24H2,1-3H3/b33-22+/t36-/m0/s1. The van der Waals surface area contributed by atoms with Crippen molar-refractivity contribution in [3.63, 3.8) is 0 Å². The van der Waals surface area contributed by atoms with Crippen molar-refractivity contribution in [2.24, 2.45) is 4.99 Å². The predicted octanol–water partition coefficient (Wildman–Crippen LogP) is 5.79. The van der Waals surface area contributed by atoms with Crippen LogP contribution in [-0.2, 0) is 16.1 Å². The molecule has 0 aliphatic carbocycles.